The molecule has 4 nitrogen and oxygen atoms in total. The van der Waals surface area contributed by atoms with Crippen LogP contribution in [-0.2, 0) is 23.4 Å². The van der Waals surface area contributed by atoms with E-state index in [1.54, 1.807) is 0 Å². The molecule has 0 saturated heterocycles. The van der Waals surface area contributed by atoms with E-state index in [-0.39, 0.29) is 6.42 Å². The van der Waals surface area contributed by atoms with Gasteiger partial charge in [-0.2, -0.15) is 11.8 Å². The third-order valence-corrected chi connectivity index (χ3v) is 6.38. The molecule has 0 fully saturated rings. The minimum Gasteiger partial charge on any atom is -0.481 e. The van der Waals surface area contributed by atoms with Gasteiger partial charge in [0.05, 0.1) is 12.1 Å². The summed E-state index contributed by atoms with van der Waals surface area (Å²) in [5.74, 6) is 1.92. The van der Waals surface area contributed by atoms with Gasteiger partial charge in [0.25, 0.3) is 0 Å². The first-order chi connectivity index (χ1) is 15.6. The lowest BCUT2D eigenvalue weighted by Gasteiger charge is -2.06. The number of hydrogen-bond acceptors (Lipinski definition) is 4. The Morgan fingerprint density at radius 1 is 0.875 bits per heavy atom. The van der Waals surface area contributed by atoms with Crippen molar-refractivity contribution < 1.29 is 14.4 Å². The molecule has 1 aromatic heterocycles. The van der Waals surface area contributed by atoms with Gasteiger partial charge in [-0.3, -0.25) is 4.79 Å². The number of benzene rings is 3. The number of aryl methyl sites for hydroxylation is 2. The second-order valence-electron chi connectivity index (χ2n) is 7.71. The molecule has 0 saturated carbocycles. The normalized spacial score (nSPS) is 10.9. The Labute approximate surface area is 192 Å². The number of aromatic nitrogens is 1. The Kier molecular flexibility index (Phi) is 7.07. The Morgan fingerprint density at radius 3 is 2.16 bits per heavy atom. The highest BCUT2D eigenvalue weighted by Gasteiger charge is 2.15. The van der Waals surface area contributed by atoms with Crippen LogP contribution in [0.2, 0.25) is 0 Å². The van der Waals surface area contributed by atoms with Crippen LogP contribution in [0.1, 0.15) is 22.4 Å². The van der Waals surface area contributed by atoms with Gasteiger partial charge in [0.1, 0.15) is 0 Å². The van der Waals surface area contributed by atoms with E-state index in [1.807, 2.05) is 49.0 Å². The third kappa shape index (κ3) is 5.48. The Bertz CT molecular complexity index is 1170. The van der Waals surface area contributed by atoms with Gasteiger partial charge in [0.2, 0.25) is 0 Å². The van der Waals surface area contributed by atoms with Gasteiger partial charge >= 0.3 is 5.97 Å². The van der Waals surface area contributed by atoms with Crippen LogP contribution in [0.25, 0.3) is 22.5 Å². The molecule has 162 valence electrons. The average molecular weight is 444 g/mol. The number of hydrogen-bond donors (Lipinski definition) is 1. The molecule has 0 spiro atoms. The molecule has 0 aliphatic carbocycles. The molecule has 0 radical (unpaired) electrons. The van der Waals surface area contributed by atoms with Crippen LogP contribution in [0, 0.1) is 6.92 Å². The van der Waals surface area contributed by atoms with Crippen LogP contribution < -0.4 is 0 Å². The molecule has 0 aliphatic heterocycles. The van der Waals surface area contributed by atoms with E-state index in [0.717, 1.165) is 57.2 Å². The second-order valence-corrected chi connectivity index (χ2v) is 8.81. The van der Waals surface area contributed by atoms with Crippen LogP contribution in [0.3, 0.4) is 0 Å². The minimum atomic E-state index is -0.821. The molecule has 0 bridgehead atoms. The van der Waals surface area contributed by atoms with Crippen molar-refractivity contribution >= 4 is 17.7 Å². The minimum absolute atomic E-state index is 0.0379. The van der Waals surface area contributed by atoms with Crippen molar-refractivity contribution in [1.29, 1.82) is 0 Å². The zero-order chi connectivity index (χ0) is 22.3. The van der Waals surface area contributed by atoms with Gasteiger partial charge in [-0.25, -0.2) is 0 Å². The van der Waals surface area contributed by atoms with Gasteiger partial charge in [-0.1, -0.05) is 84.0 Å². The molecule has 4 aromatic rings. The Hall–Kier alpha value is -3.31. The molecule has 0 unspecified atom stereocenters. The summed E-state index contributed by atoms with van der Waals surface area (Å²) in [6, 6.07) is 26.4. The molecule has 3 aromatic carbocycles. The first kappa shape index (κ1) is 21.9. The molecule has 0 atom stereocenters. The lowest BCUT2D eigenvalue weighted by Crippen LogP contribution is -1.99. The molecular weight excluding hydrogens is 418 g/mol. The van der Waals surface area contributed by atoms with Crippen molar-refractivity contribution in [3.63, 3.8) is 0 Å². The molecule has 1 heterocycles. The topological polar surface area (TPSA) is 63.3 Å². The third-order valence-electron chi connectivity index (χ3n) is 5.40. The summed E-state index contributed by atoms with van der Waals surface area (Å²) in [7, 11) is 0. The number of carboxylic acid groups (broad SMARTS) is 1. The van der Waals surface area contributed by atoms with Crippen molar-refractivity contribution in [2.24, 2.45) is 0 Å². The van der Waals surface area contributed by atoms with Gasteiger partial charge in [0.15, 0.2) is 5.76 Å². The number of thioether (sulfide) groups is 1. The summed E-state index contributed by atoms with van der Waals surface area (Å²) in [5, 5.41) is 13.1. The molecule has 5 heteroatoms. The van der Waals surface area contributed by atoms with E-state index in [1.165, 1.54) is 5.56 Å². The Balaban J connectivity index is 1.42. The second kappa shape index (κ2) is 10.3. The van der Waals surface area contributed by atoms with E-state index in [4.69, 9.17) is 9.63 Å². The van der Waals surface area contributed by atoms with E-state index in [0.29, 0.717) is 0 Å². The first-order valence-electron chi connectivity index (χ1n) is 10.6. The van der Waals surface area contributed by atoms with Gasteiger partial charge < -0.3 is 9.63 Å². The van der Waals surface area contributed by atoms with E-state index in [9.17, 15) is 4.79 Å². The monoisotopic (exact) mass is 443 g/mol. The molecular formula is C27H25NO3S. The Morgan fingerprint density at radius 2 is 1.50 bits per heavy atom. The number of rotatable bonds is 9. The van der Waals surface area contributed by atoms with Crippen molar-refractivity contribution in [3.05, 3.63) is 101 Å². The van der Waals surface area contributed by atoms with Crippen molar-refractivity contribution in [2.45, 2.75) is 25.5 Å². The molecule has 1 N–H and O–H groups in total. The predicted molar refractivity (Wildman–Crippen MR) is 130 cm³/mol. The fourth-order valence-corrected chi connectivity index (χ4v) is 4.67. The summed E-state index contributed by atoms with van der Waals surface area (Å²) >= 11 is 1.89. The van der Waals surface area contributed by atoms with Crippen LogP contribution in [-0.4, -0.2) is 22.0 Å². The van der Waals surface area contributed by atoms with Crippen LogP contribution in [0.4, 0.5) is 0 Å². The fourth-order valence-electron chi connectivity index (χ4n) is 3.60. The summed E-state index contributed by atoms with van der Waals surface area (Å²) in [6.07, 6.45) is 1.08. The van der Waals surface area contributed by atoms with Crippen molar-refractivity contribution in [2.75, 3.05) is 5.75 Å². The number of aliphatic carboxylic acids is 1. The van der Waals surface area contributed by atoms with Gasteiger partial charge in [0, 0.05) is 16.9 Å². The van der Waals surface area contributed by atoms with Crippen LogP contribution in [0.15, 0.2) is 83.4 Å². The van der Waals surface area contributed by atoms with E-state index >= 15 is 0 Å². The highest BCUT2D eigenvalue weighted by molar-refractivity contribution is 7.98. The van der Waals surface area contributed by atoms with E-state index in [2.05, 4.69) is 53.7 Å². The molecule has 0 amide bonds. The zero-order valence-corrected chi connectivity index (χ0v) is 18.8. The highest BCUT2D eigenvalue weighted by atomic mass is 32.2. The zero-order valence-electron chi connectivity index (χ0n) is 18.0. The molecule has 0 aliphatic rings. The van der Waals surface area contributed by atoms with Crippen molar-refractivity contribution in [1.82, 2.24) is 5.16 Å². The SMILES string of the molecule is Cc1noc(-c2ccc(-c3ccc(CC(=O)O)cc3)cc2)c1CSCCc1ccccc1. The lowest BCUT2D eigenvalue weighted by atomic mass is 10.00. The number of carboxylic acids is 1. The van der Waals surface area contributed by atoms with Crippen LogP contribution in [0.5, 0.6) is 0 Å². The lowest BCUT2D eigenvalue weighted by molar-refractivity contribution is -0.136. The average Bonchev–Trinajstić information content (AvgIpc) is 3.18. The largest absolute Gasteiger partial charge is 0.481 e. The predicted octanol–water partition coefficient (Wildman–Crippen LogP) is 6.42. The molecule has 32 heavy (non-hydrogen) atoms. The summed E-state index contributed by atoms with van der Waals surface area (Å²) in [5.41, 5.74) is 7.37. The van der Waals surface area contributed by atoms with Crippen LogP contribution >= 0.6 is 11.8 Å². The standard InChI is InChI=1S/C27H25NO3S/c1-19-25(18-32-16-15-20-5-3-2-4-6-20)27(31-28-19)24-13-11-23(12-14-24)22-9-7-21(8-10-22)17-26(29)30/h2-14H,15-18H2,1H3,(H,29,30). The highest BCUT2D eigenvalue weighted by Crippen LogP contribution is 2.31. The van der Waals surface area contributed by atoms with E-state index < -0.39 is 5.97 Å². The fraction of sp³-hybridized carbons (Fsp3) is 0.185. The van der Waals surface area contributed by atoms with Gasteiger partial charge in [-0.15, -0.1) is 0 Å². The smallest absolute Gasteiger partial charge is 0.307 e. The summed E-state index contributed by atoms with van der Waals surface area (Å²) in [4.78, 5) is 10.9. The van der Waals surface area contributed by atoms with Crippen molar-refractivity contribution in [3.8, 4) is 22.5 Å². The van der Waals surface area contributed by atoms with Gasteiger partial charge in [-0.05, 0) is 41.4 Å². The number of nitrogens with zero attached hydrogens (tertiary/aromatic N) is 1. The maximum absolute atomic E-state index is 10.9. The quantitative estimate of drug-likeness (QED) is 0.302. The first-order valence-corrected chi connectivity index (χ1v) is 11.7. The molecule has 4 rings (SSSR count). The maximum atomic E-state index is 10.9. The summed E-state index contributed by atoms with van der Waals surface area (Å²) < 4.78 is 5.68. The maximum Gasteiger partial charge on any atom is 0.307 e. The summed E-state index contributed by atoms with van der Waals surface area (Å²) in [6.45, 7) is 1.99. The number of carbonyl (C=O) groups is 1.